The number of anilines is 1. The molecule has 0 amide bonds. The fourth-order valence-electron chi connectivity index (χ4n) is 1.91. The van der Waals surface area contributed by atoms with Crippen molar-refractivity contribution >= 4 is 16.6 Å². The normalized spacial score (nSPS) is 11.1. The van der Waals surface area contributed by atoms with E-state index in [1.54, 1.807) is 0 Å². The van der Waals surface area contributed by atoms with Gasteiger partial charge in [-0.05, 0) is 30.0 Å². The Labute approximate surface area is 102 Å². The molecule has 0 saturated carbocycles. The van der Waals surface area contributed by atoms with E-state index in [0.717, 1.165) is 31.9 Å². The van der Waals surface area contributed by atoms with Crippen molar-refractivity contribution in [2.24, 2.45) is 0 Å². The third-order valence-corrected chi connectivity index (χ3v) is 2.92. The zero-order valence-electron chi connectivity index (χ0n) is 10.4. The first-order valence-corrected chi connectivity index (χ1v) is 6.23. The van der Waals surface area contributed by atoms with Crippen LogP contribution in [-0.4, -0.2) is 17.8 Å². The van der Waals surface area contributed by atoms with Gasteiger partial charge in [0.05, 0.1) is 12.1 Å². The van der Waals surface area contributed by atoms with E-state index in [1.165, 1.54) is 17.3 Å². The Hall–Kier alpha value is -1.48. The highest BCUT2D eigenvalue weighted by Crippen LogP contribution is 2.18. The lowest BCUT2D eigenvalue weighted by molar-refractivity contribution is 0.124. The van der Waals surface area contributed by atoms with Crippen LogP contribution in [0.1, 0.15) is 19.8 Å². The molecule has 0 unspecified atom stereocenters. The Balaban J connectivity index is 1.96. The molecular weight excluding hydrogens is 212 g/mol. The first-order chi connectivity index (χ1) is 8.31. The first-order valence-electron chi connectivity index (χ1n) is 6.23. The molecular formula is C14H20N2O. The van der Waals surface area contributed by atoms with Gasteiger partial charge in [-0.3, -0.25) is 0 Å². The highest BCUT2D eigenvalue weighted by Gasteiger charge is 2.00. The van der Waals surface area contributed by atoms with Crippen molar-refractivity contribution in [2.75, 3.05) is 18.9 Å². The highest BCUT2D eigenvalue weighted by molar-refractivity contribution is 5.83. The maximum Gasteiger partial charge on any atom is 0.0645 e. The van der Waals surface area contributed by atoms with Gasteiger partial charge in [-0.15, -0.1) is 0 Å². The van der Waals surface area contributed by atoms with Gasteiger partial charge in [-0.25, -0.2) is 0 Å². The van der Waals surface area contributed by atoms with Crippen LogP contribution >= 0.6 is 0 Å². The number of nitrogens with zero attached hydrogens (tertiary/aromatic N) is 1. The van der Waals surface area contributed by atoms with Gasteiger partial charge in [0.25, 0.3) is 0 Å². The van der Waals surface area contributed by atoms with Crippen LogP contribution in [-0.2, 0) is 11.3 Å². The summed E-state index contributed by atoms with van der Waals surface area (Å²) in [6.45, 7) is 4.68. The summed E-state index contributed by atoms with van der Waals surface area (Å²) < 4.78 is 7.77. The van der Waals surface area contributed by atoms with Crippen molar-refractivity contribution in [3.63, 3.8) is 0 Å². The van der Waals surface area contributed by atoms with Gasteiger partial charge in [-0.1, -0.05) is 19.4 Å². The smallest absolute Gasteiger partial charge is 0.0645 e. The molecule has 92 valence electrons. The summed E-state index contributed by atoms with van der Waals surface area (Å²) in [6, 6.07) is 8.12. The number of rotatable bonds is 6. The van der Waals surface area contributed by atoms with Gasteiger partial charge in [-0.2, -0.15) is 0 Å². The number of aromatic nitrogens is 1. The zero-order valence-corrected chi connectivity index (χ0v) is 10.4. The Kier molecular flexibility index (Phi) is 4.04. The molecule has 2 aromatic rings. The largest absolute Gasteiger partial charge is 0.399 e. The molecule has 1 heterocycles. The first kappa shape index (κ1) is 12.0. The lowest BCUT2D eigenvalue weighted by Gasteiger charge is -2.07. The molecule has 0 aliphatic carbocycles. The number of fused-ring (bicyclic) bond motifs is 1. The van der Waals surface area contributed by atoms with E-state index in [0.29, 0.717) is 0 Å². The van der Waals surface area contributed by atoms with Crippen molar-refractivity contribution in [2.45, 2.75) is 26.3 Å². The summed E-state index contributed by atoms with van der Waals surface area (Å²) in [6.07, 6.45) is 4.41. The topological polar surface area (TPSA) is 40.2 Å². The van der Waals surface area contributed by atoms with Crippen molar-refractivity contribution in [1.82, 2.24) is 4.57 Å². The predicted octanol–water partition coefficient (Wildman–Crippen LogP) is 3.04. The molecule has 0 atom stereocenters. The third-order valence-electron chi connectivity index (χ3n) is 2.92. The number of hydrogen-bond donors (Lipinski definition) is 1. The number of hydrogen-bond acceptors (Lipinski definition) is 2. The summed E-state index contributed by atoms with van der Waals surface area (Å²) in [5.74, 6) is 0. The van der Waals surface area contributed by atoms with Crippen molar-refractivity contribution in [3.05, 3.63) is 30.5 Å². The van der Waals surface area contributed by atoms with Crippen LogP contribution in [0.3, 0.4) is 0 Å². The van der Waals surface area contributed by atoms with Gasteiger partial charge in [0.2, 0.25) is 0 Å². The third kappa shape index (κ3) is 3.01. The van der Waals surface area contributed by atoms with Crippen LogP contribution in [0.4, 0.5) is 5.69 Å². The molecule has 17 heavy (non-hydrogen) atoms. The minimum Gasteiger partial charge on any atom is -0.399 e. The molecule has 1 aromatic carbocycles. The molecule has 0 saturated heterocycles. The lowest BCUT2D eigenvalue weighted by Crippen LogP contribution is -2.05. The van der Waals surface area contributed by atoms with E-state index >= 15 is 0 Å². The predicted molar refractivity (Wildman–Crippen MR) is 72.1 cm³/mol. The number of ether oxygens (including phenoxy) is 1. The Morgan fingerprint density at radius 3 is 2.94 bits per heavy atom. The lowest BCUT2D eigenvalue weighted by atomic mass is 10.2. The van der Waals surface area contributed by atoms with Crippen LogP contribution in [0.15, 0.2) is 30.5 Å². The van der Waals surface area contributed by atoms with Gasteiger partial charge in [0, 0.05) is 25.0 Å². The van der Waals surface area contributed by atoms with E-state index in [4.69, 9.17) is 10.5 Å². The molecule has 0 bridgehead atoms. The molecule has 0 radical (unpaired) electrons. The second-order valence-electron chi connectivity index (χ2n) is 4.29. The van der Waals surface area contributed by atoms with Crippen LogP contribution in [0, 0.1) is 0 Å². The summed E-state index contributed by atoms with van der Waals surface area (Å²) in [4.78, 5) is 0. The number of unbranched alkanes of at least 4 members (excludes halogenated alkanes) is 1. The molecule has 0 aliphatic heterocycles. The summed E-state index contributed by atoms with van der Waals surface area (Å²) in [7, 11) is 0. The SMILES string of the molecule is CCCCOCCn1ccc2ccc(N)cc21. The number of benzene rings is 1. The standard InChI is InChI=1S/C14H20N2O/c1-2-3-9-17-10-8-16-7-6-12-4-5-13(15)11-14(12)16/h4-7,11H,2-3,8-10,15H2,1H3. The van der Waals surface area contributed by atoms with Crippen LogP contribution < -0.4 is 5.73 Å². The van der Waals surface area contributed by atoms with E-state index in [9.17, 15) is 0 Å². The average molecular weight is 232 g/mol. The summed E-state index contributed by atoms with van der Waals surface area (Å²) in [5, 5.41) is 1.23. The molecule has 0 fully saturated rings. The van der Waals surface area contributed by atoms with E-state index in [1.807, 2.05) is 12.1 Å². The van der Waals surface area contributed by atoms with E-state index < -0.39 is 0 Å². The second kappa shape index (κ2) is 5.73. The molecule has 3 heteroatoms. The number of nitrogens with two attached hydrogens (primary N) is 1. The quantitative estimate of drug-likeness (QED) is 0.614. The molecule has 0 spiro atoms. The Morgan fingerprint density at radius 1 is 1.24 bits per heavy atom. The van der Waals surface area contributed by atoms with Crippen LogP contribution in [0.2, 0.25) is 0 Å². The van der Waals surface area contributed by atoms with E-state index in [-0.39, 0.29) is 0 Å². The minimum atomic E-state index is 0.762. The Morgan fingerprint density at radius 2 is 2.12 bits per heavy atom. The molecule has 2 rings (SSSR count). The van der Waals surface area contributed by atoms with Crippen molar-refractivity contribution < 1.29 is 4.74 Å². The van der Waals surface area contributed by atoms with Gasteiger partial charge >= 0.3 is 0 Å². The van der Waals surface area contributed by atoms with Gasteiger partial charge in [0.15, 0.2) is 0 Å². The molecule has 1 aromatic heterocycles. The second-order valence-corrected chi connectivity index (χ2v) is 4.29. The fraction of sp³-hybridized carbons (Fsp3) is 0.429. The fourth-order valence-corrected chi connectivity index (χ4v) is 1.91. The molecule has 0 aliphatic rings. The summed E-state index contributed by atoms with van der Waals surface area (Å²) >= 11 is 0. The van der Waals surface area contributed by atoms with E-state index in [2.05, 4.69) is 29.8 Å². The van der Waals surface area contributed by atoms with Gasteiger partial charge < -0.3 is 15.0 Å². The van der Waals surface area contributed by atoms with Crippen molar-refractivity contribution in [3.8, 4) is 0 Å². The molecule has 3 nitrogen and oxygen atoms in total. The maximum absolute atomic E-state index is 5.80. The average Bonchev–Trinajstić information content (AvgIpc) is 2.72. The summed E-state index contributed by atoms with van der Waals surface area (Å²) in [5.41, 5.74) is 7.80. The van der Waals surface area contributed by atoms with Crippen LogP contribution in [0.25, 0.3) is 10.9 Å². The Bertz CT molecular complexity index is 476. The maximum atomic E-state index is 5.80. The monoisotopic (exact) mass is 232 g/mol. The van der Waals surface area contributed by atoms with Crippen molar-refractivity contribution in [1.29, 1.82) is 0 Å². The van der Waals surface area contributed by atoms with Gasteiger partial charge in [0.1, 0.15) is 0 Å². The molecule has 2 N–H and O–H groups in total. The minimum absolute atomic E-state index is 0.762. The highest BCUT2D eigenvalue weighted by atomic mass is 16.5. The zero-order chi connectivity index (χ0) is 12.1. The van der Waals surface area contributed by atoms with Crippen LogP contribution in [0.5, 0.6) is 0 Å². The number of nitrogen functional groups attached to an aromatic ring is 1.